The summed E-state index contributed by atoms with van der Waals surface area (Å²) in [4.78, 5) is 24.4. The van der Waals surface area contributed by atoms with Gasteiger partial charge in [0.15, 0.2) is 0 Å². The number of fused-ring (bicyclic) bond motifs is 3. The fraction of sp³-hybridized carbons (Fsp3) is 0.300. The first-order valence-electron chi connectivity index (χ1n) is 8.50. The van der Waals surface area contributed by atoms with Crippen molar-refractivity contribution in [2.45, 2.75) is 30.9 Å². The minimum absolute atomic E-state index is 0.341. The predicted octanol–water partition coefficient (Wildman–Crippen LogP) is 2.55. The number of carbonyl (C=O) groups is 2. The Hall–Kier alpha value is -2.66. The van der Waals surface area contributed by atoms with Crippen LogP contribution < -0.4 is 5.32 Å². The fourth-order valence-electron chi connectivity index (χ4n) is 3.87. The van der Waals surface area contributed by atoms with Gasteiger partial charge in [-0.05, 0) is 35.1 Å². The maximum absolute atomic E-state index is 12.4. The summed E-state index contributed by atoms with van der Waals surface area (Å²) >= 11 is 0. The third kappa shape index (κ3) is 2.70. The molecule has 0 radical (unpaired) electrons. The number of ether oxygens (including phenoxy) is 1. The van der Waals surface area contributed by atoms with Gasteiger partial charge in [0.1, 0.15) is 12.1 Å². The molecule has 2 aliphatic rings. The lowest BCUT2D eigenvalue weighted by molar-refractivity contribution is -0.144. The molecule has 2 N–H and O–H groups in total. The van der Waals surface area contributed by atoms with Crippen LogP contribution in [0.5, 0.6) is 0 Å². The van der Waals surface area contributed by atoms with E-state index in [2.05, 4.69) is 5.32 Å². The summed E-state index contributed by atoms with van der Waals surface area (Å²) in [5.41, 5.74) is 3.92. The van der Waals surface area contributed by atoms with Crippen molar-refractivity contribution in [3.05, 3.63) is 59.7 Å². The molecule has 1 aliphatic carbocycles. The van der Waals surface area contributed by atoms with Gasteiger partial charge >= 0.3 is 5.97 Å². The number of carboxylic acid groups (broad SMARTS) is 1. The highest BCUT2D eigenvalue weighted by atomic mass is 16.5. The molecule has 1 amide bonds. The smallest absolute Gasteiger partial charge is 0.327 e. The quantitative estimate of drug-likeness (QED) is 0.899. The molecule has 25 heavy (non-hydrogen) atoms. The zero-order valence-electron chi connectivity index (χ0n) is 13.6. The van der Waals surface area contributed by atoms with E-state index >= 15 is 0 Å². The Bertz CT molecular complexity index is 780. The first-order chi connectivity index (χ1) is 12.2. The summed E-state index contributed by atoms with van der Waals surface area (Å²) in [5, 5.41) is 12.5. The van der Waals surface area contributed by atoms with Crippen LogP contribution in [0, 0.1) is 0 Å². The van der Waals surface area contributed by atoms with Gasteiger partial charge in [0.25, 0.3) is 0 Å². The Kier molecular flexibility index (Phi) is 4.01. The number of rotatable bonds is 4. The summed E-state index contributed by atoms with van der Waals surface area (Å²) in [5.74, 6) is -1.79. The SMILES string of the molecule is O=C(O)[C@@H](NC(=O)[C@H]1CCCO1)C1c2ccccc2-c2ccccc21. The van der Waals surface area contributed by atoms with E-state index in [1.165, 1.54) is 0 Å². The molecule has 5 nitrogen and oxygen atoms in total. The van der Waals surface area contributed by atoms with Crippen molar-refractivity contribution >= 4 is 11.9 Å². The maximum atomic E-state index is 12.4. The van der Waals surface area contributed by atoms with Crippen molar-refractivity contribution in [2.75, 3.05) is 6.61 Å². The Labute approximate surface area is 145 Å². The molecular formula is C20H19NO4. The van der Waals surface area contributed by atoms with Crippen molar-refractivity contribution in [3.63, 3.8) is 0 Å². The van der Waals surface area contributed by atoms with Crippen molar-refractivity contribution in [2.24, 2.45) is 0 Å². The highest BCUT2D eigenvalue weighted by molar-refractivity contribution is 5.90. The van der Waals surface area contributed by atoms with E-state index in [4.69, 9.17) is 4.74 Å². The Balaban J connectivity index is 1.72. The molecule has 0 bridgehead atoms. The Morgan fingerprint density at radius 1 is 1.04 bits per heavy atom. The monoisotopic (exact) mass is 337 g/mol. The molecule has 5 heteroatoms. The van der Waals surface area contributed by atoms with E-state index in [1.807, 2.05) is 48.5 Å². The highest BCUT2D eigenvalue weighted by Crippen LogP contribution is 2.46. The standard InChI is InChI=1S/C20H19NO4/c22-19(16-10-5-11-25-16)21-18(20(23)24)17-14-8-3-1-6-12(14)13-7-2-4-9-15(13)17/h1-4,6-9,16-18H,5,10-11H2,(H,21,22)(H,23,24)/t16-,18+/m1/s1. The van der Waals surface area contributed by atoms with Gasteiger partial charge in [0.2, 0.25) is 5.91 Å². The lowest BCUT2D eigenvalue weighted by atomic mass is 9.89. The zero-order valence-corrected chi connectivity index (χ0v) is 13.6. The molecule has 1 heterocycles. The fourth-order valence-corrected chi connectivity index (χ4v) is 3.87. The van der Waals surface area contributed by atoms with Crippen LogP contribution in [0.4, 0.5) is 0 Å². The van der Waals surface area contributed by atoms with Crippen LogP contribution in [-0.4, -0.2) is 35.7 Å². The molecule has 128 valence electrons. The van der Waals surface area contributed by atoms with Crippen LogP contribution in [0.3, 0.4) is 0 Å². The molecule has 1 saturated heterocycles. The number of carboxylic acids is 1. The van der Waals surface area contributed by atoms with Gasteiger partial charge in [-0.25, -0.2) is 4.79 Å². The number of carbonyl (C=O) groups excluding carboxylic acids is 1. The van der Waals surface area contributed by atoms with Crippen molar-refractivity contribution < 1.29 is 19.4 Å². The minimum atomic E-state index is -1.04. The van der Waals surface area contributed by atoms with E-state index in [0.29, 0.717) is 13.0 Å². The number of aliphatic carboxylic acids is 1. The molecule has 2 atom stereocenters. The average Bonchev–Trinajstić information content (AvgIpc) is 3.26. The van der Waals surface area contributed by atoms with Gasteiger partial charge in [-0.15, -0.1) is 0 Å². The van der Waals surface area contributed by atoms with Gasteiger partial charge in [0.05, 0.1) is 0 Å². The topological polar surface area (TPSA) is 75.6 Å². The van der Waals surface area contributed by atoms with Crippen molar-refractivity contribution in [1.29, 1.82) is 0 Å². The molecule has 0 aromatic heterocycles. The summed E-state index contributed by atoms with van der Waals surface area (Å²) in [6, 6.07) is 14.5. The van der Waals surface area contributed by atoms with Gasteiger partial charge in [-0.3, -0.25) is 4.79 Å². The van der Waals surface area contributed by atoms with Crippen molar-refractivity contribution in [1.82, 2.24) is 5.32 Å². The third-order valence-corrected chi connectivity index (χ3v) is 5.00. The van der Waals surface area contributed by atoms with Crippen LogP contribution in [0.2, 0.25) is 0 Å². The summed E-state index contributed by atoms with van der Waals surface area (Å²) in [6.45, 7) is 0.547. The van der Waals surface area contributed by atoms with Crippen LogP contribution in [-0.2, 0) is 14.3 Å². The molecule has 0 saturated carbocycles. The van der Waals surface area contributed by atoms with Gasteiger partial charge in [-0.1, -0.05) is 48.5 Å². The Morgan fingerprint density at radius 3 is 2.16 bits per heavy atom. The Morgan fingerprint density at radius 2 is 1.64 bits per heavy atom. The number of benzene rings is 2. The van der Waals surface area contributed by atoms with E-state index in [1.54, 1.807) is 0 Å². The number of amides is 1. The van der Waals surface area contributed by atoms with Gasteiger partial charge in [-0.2, -0.15) is 0 Å². The van der Waals surface area contributed by atoms with E-state index in [9.17, 15) is 14.7 Å². The molecule has 2 aromatic rings. The minimum Gasteiger partial charge on any atom is -0.480 e. The average molecular weight is 337 g/mol. The summed E-state index contributed by atoms with van der Waals surface area (Å²) in [7, 11) is 0. The van der Waals surface area contributed by atoms with E-state index in [0.717, 1.165) is 28.7 Å². The predicted molar refractivity (Wildman–Crippen MR) is 92.3 cm³/mol. The molecule has 2 aromatic carbocycles. The lowest BCUT2D eigenvalue weighted by Crippen LogP contribution is -2.48. The van der Waals surface area contributed by atoms with Crippen LogP contribution in [0.25, 0.3) is 11.1 Å². The van der Waals surface area contributed by atoms with Gasteiger partial charge in [0, 0.05) is 12.5 Å². The second kappa shape index (κ2) is 6.33. The largest absolute Gasteiger partial charge is 0.480 e. The second-order valence-corrected chi connectivity index (χ2v) is 6.48. The molecule has 0 spiro atoms. The first kappa shape index (κ1) is 15.8. The summed E-state index contributed by atoms with van der Waals surface area (Å²) in [6.07, 6.45) is 0.912. The van der Waals surface area contributed by atoms with E-state index < -0.39 is 24.0 Å². The van der Waals surface area contributed by atoms with E-state index in [-0.39, 0.29) is 5.91 Å². The number of nitrogens with one attached hydrogen (secondary N) is 1. The van der Waals surface area contributed by atoms with Crippen molar-refractivity contribution in [3.8, 4) is 11.1 Å². The van der Waals surface area contributed by atoms with Crippen LogP contribution in [0.1, 0.15) is 29.9 Å². The number of hydrogen-bond donors (Lipinski definition) is 2. The van der Waals surface area contributed by atoms with Gasteiger partial charge < -0.3 is 15.2 Å². The maximum Gasteiger partial charge on any atom is 0.327 e. The normalized spacial score (nSPS) is 19.9. The highest BCUT2D eigenvalue weighted by Gasteiger charge is 2.40. The second-order valence-electron chi connectivity index (χ2n) is 6.48. The summed E-state index contributed by atoms with van der Waals surface area (Å²) < 4.78 is 5.39. The molecular weight excluding hydrogens is 318 g/mol. The van der Waals surface area contributed by atoms with Crippen LogP contribution in [0.15, 0.2) is 48.5 Å². The lowest BCUT2D eigenvalue weighted by Gasteiger charge is -2.24. The third-order valence-electron chi connectivity index (χ3n) is 5.00. The van der Waals surface area contributed by atoms with Crippen LogP contribution >= 0.6 is 0 Å². The molecule has 0 unspecified atom stereocenters. The first-order valence-corrected chi connectivity index (χ1v) is 8.50. The number of hydrogen-bond acceptors (Lipinski definition) is 3. The zero-order chi connectivity index (χ0) is 17.4. The molecule has 4 rings (SSSR count). The molecule has 1 fully saturated rings. The molecule has 1 aliphatic heterocycles.